The highest BCUT2D eigenvalue weighted by atomic mass is 32.2. The second kappa shape index (κ2) is 7.10. The normalized spacial score (nSPS) is 10.8. The molecule has 3 aromatic rings. The molecule has 1 aromatic carbocycles. The number of aromatic nitrogens is 3. The predicted octanol–water partition coefficient (Wildman–Crippen LogP) is 1.29. The Labute approximate surface area is 135 Å². The van der Waals surface area contributed by atoms with E-state index in [2.05, 4.69) is 15.3 Å². The van der Waals surface area contributed by atoms with Crippen molar-refractivity contribution in [2.45, 2.75) is 11.8 Å². The fourth-order valence-corrected chi connectivity index (χ4v) is 2.62. The number of hydrogen-bond donors (Lipinski definition) is 1. The minimum absolute atomic E-state index is 0.143. The number of oxazole rings is 1. The van der Waals surface area contributed by atoms with Gasteiger partial charge in [0.15, 0.2) is 5.58 Å². The summed E-state index contributed by atoms with van der Waals surface area (Å²) in [4.78, 5) is 31.4. The third-order valence-electron chi connectivity index (χ3n) is 3.07. The van der Waals surface area contributed by atoms with Crippen molar-refractivity contribution < 1.29 is 9.21 Å². The van der Waals surface area contributed by atoms with Gasteiger partial charge in [-0.1, -0.05) is 23.9 Å². The van der Waals surface area contributed by atoms with Gasteiger partial charge < -0.3 is 9.73 Å². The Kier molecular flexibility index (Phi) is 4.72. The number of carbonyl (C=O) groups excluding carboxylic acids is 1. The number of amides is 1. The molecule has 0 aliphatic heterocycles. The number of thioether (sulfide) groups is 1. The van der Waals surface area contributed by atoms with Crippen molar-refractivity contribution in [3.05, 3.63) is 53.2 Å². The lowest BCUT2D eigenvalue weighted by molar-refractivity contribution is -0.118. The summed E-state index contributed by atoms with van der Waals surface area (Å²) in [6.45, 7) is 0.741. The average Bonchev–Trinajstić information content (AvgIpc) is 2.98. The molecule has 3 rings (SSSR count). The Morgan fingerprint density at radius 3 is 3.00 bits per heavy atom. The van der Waals surface area contributed by atoms with Gasteiger partial charge in [0, 0.05) is 25.4 Å². The molecule has 0 aliphatic carbocycles. The summed E-state index contributed by atoms with van der Waals surface area (Å²) in [5.41, 5.74) is 1.33. The zero-order valence-electron chi connectivity index (χ0n) is 12.1. The van der Waals surface area contributed by atoms with Gasteiger partial charge in [0.1, 0.15) is 5.52 Å². The third-order valence-corrected chi connectivity index (χ3v) is 3.90. The Balaban J connectivity index is 1.46. The average molecular weight is 330 g/mol. The Morgan fingerprint density at radius 2 is 2.17 bits per heavy atom. The summed E-state index contributed by atoms with van der Waals surface area (Å²) in [5.74, 6) is 0.0589. The number of fused-ring (bicyclic) bond motifs is 1. The first-order valence-electron chi connectivity index (χ1n) is 6.98. The first kappa shape index (κ1) is 15.3. The largest absolute Gasteiger partial charge is 0.431 e. The van der Waals surface area contributed by atoms with E-state index in [1.54, 1.807) is 0 Å². The summed E-state index contributed by atoms with van der Waals surface area (Å²) in [6.07, 6.45) is 2.88. The Bertz CT molecular complexity index is 841. The van der Waals surface area contributed by atoms with E-state index in [1.807, 2.05) is 24.3 Å². The lowest BCUT2D eigenvalue weighted by Crippen LogP contribution is -2.31. The van der Waals surface area contributed by atoms with Crippen LogP contribution in [-0.2, 0) is 11.3 Å². The van der Waals surface area contributed by atoms with E-state index in [9.17, 15) is 9.59 Å². The van der Waals surface area contributed by atoms with Crippen LogP contribution >= 0.6 is 11.8 Å². The lowest BCUT2D eigenvalue weighted by Gasteiger charge is -2.05. The maximum Gasteiger partial charge on any atom is 0.257 e. The lowest BCUT2D eigenvalue weighted by atomic mass is 10.3. The molecule has 0 saturated carbocycles. The van der Waals surface area contributed by atoms with E-state index in [0.29, 0.717) is 23.9 Å². The van der Waals surface area contributed by atoms with E-state index in [1.165, 1.54) is 34.9 Å². The molecule has 0 bridgehead atoms. The maximum atomic E-state index is 11.8. The fourth-order valence-electron chi connectivity index (χ4n) is 1.95. The van der Waals surface area contributed by atoms with Crippen molar-refractivity contribution in [1.29, 1.82) is 0 Å². The number of nitrogens with one attached hydrogen (secondary N) is 1. The van der Waals surface area contributed by atoms with Crippen LogP contribution in [0.15, 0.2) is 57.3 Å². The van der Waals surface area contributed by atoms with Crippen LogP contribution in [0.5, 0.6) is 0 Å². The van der Waals surface area contributed by atoms with Gasteiger partial charge in [-0.05, 0) is 12.1 Å². The van der Waals surface area contributed by atoms with Gasteiger partial charge >= 0.3 is 0 Å². The summed E-state index contributed by atoms with van der Waals surface area (Å²) in [7, 11) is 0. The van der Waals surface area contributed by atoms with E-state index < -0.39 is 0 Å². The molecule has 0 spiro atoms. The SMILES string of the molecule is O=C(CSc1nc2ccccc2o1)NCCn1cnccc1=O. The molecule has 118 valence electrons. The van der Waals surface area contributed by atoms with Crippen LogP contribution in [0.2, 0.25) is 0 Å². The van der Waals surface area contributed by atoms with Crippen molar-refractivity contribution in [3.8, 4) is 0 Å². The second-order valence-corrected chi connectivity index (χ2v) is 5.62. The number of hydrogen-bond acceptors (Lipinski definition) is 6. The first-order valence-corrected chi connectivity index (χ1v) is 7.96. The molecule has 0 radical (unpaired) electrons. The number of benzene rings is 1. The minimum Gasteiger partial charge on any atom is -0.431 e. The molecule has 2 heterocycles. The van der Waals surface area contributed by atoms with Crippen LogP contribution in [0.3, 0.4) is 0 Å². The molecule has 1 N–H and O–H groups in total. The van der Waals surface area contributed by atoms with Gasteiger partial charge in [-0.15, -0.1) is 0 Å². The fraction of sp³-hybridized carbons (Fsp3) is 0.200. The molecule has 0 aliphatic rings. The first-order chi connectivity index (χ1) is 11.2. The minimum atomic E-state index is -0.144. The molecule has 0 fully saturated rings. The van der Waals surface area contributed by atoms with Gasteiger partial charge in [-0.25, -0.2) is 9.97 Å². The Hall–Kier alpha value is -2.61. The van der Waals surface area contributed by atoms with Crippen molar-refractivity contribution in [3.63, 3.8) is 0 Å². The standard InChI is InChI=1S/C15H14N4O3S/c20-13(17-7-8-19-10-16-6-5-14(19)21)9-23-15-18-11-3-1-2-4-12(11)22-15/h1-6,10H,7-9H2,(H,17,20). The molecule has 0 atom stereocenters. The number of para-hydroxylation sites is 2. The number of nitrogens with zero attached hydrogens (tertiary/aromatic N) is 3. The van der Waals surface area contributed by atoms with Crippen LogP contribution in [0.1, 0.15) is 0 Å². The Morgan fingerprint density at radius 1 is 1.30 bits per heavy atom. The van der Waals surface area contributed by atoms with Gasteiger partial charge in [-0.2, -0.15) is 0 Å². The molecule has 8 heteroatoms. The van der Waals surface area contributed by atoms with Gasteiger partial charge in [0.05, 0.1) is 12.1 Å². The molecular weight excluding hydrogens is 316 g/mol. The third kappa shape index (κ3) is 3.98. The topological polar surface area (TPSA) is 90.0 Å². The van der Waals surface area contributed by atoms with E-state index >= 15 is 0 Å². The highest BCUT2D eigenvalue weighted by Crippen LogP contribution is 2.22. The van der Waals surface area contributed by atoms with Crippen LogP contribution in [-0.4, -0.2) is 32.7 Å². The molecule has 1 amide bonds. The van der Waals surface area contributed by atoms with Crippen molar-refractivity contribution >= 4 is 28.8 Å². The van der Waals surface area contributed by atoms with Crippen molar-refractivity contribution in [1.82, 2.24) is 19.9 Å². The van der Waals surface area contributed by atoms with Crippen LogP contribution in [0.25, 0.3) is 11.1 Å². The quantitative estimate of drug-likeness (QED) is 0.685. The van der Waals surface area contributed by atoms with Crippen LogP contribution < -0.4 is 10.9 Å². The highest BCUT2D eigenvalue weighted by molar-refractivity contribution is 7.99. The molecule has 2 aromatic heterocycles. The number of rotatable bonds is 6. The number of carbonyl (C=O) groups is 1. The molecule has 0 saturated heterocycles. The zero-order valence-corrected chi connectivity index (χ0v) is 13.0. The summed E-state index contributed by atoms with van der Waals surface area (Å²) < 4.78 is 6.96. The zero-order chi connectivity index (χ0) is 16.1. The summed E-state index contributed by atoms with van der Waals surface area (Å²) in [6, 6.07) is 8.82. The molecule has 0 unspecified atom stereocenters. The molecule has 23 heavy (non-hydrogen) atoms. The van der Waals surface area contributed by atoms with Crippen molar-refractivity contribution in [2.24, 2.45) is 0 Å². The van der Waals surface area contributed by atoms with E-state index in [4.69, 9.17) is 4.42 Å². The second-order valence-electron chi connectivity index (χ2n) is 4.70. The summed E-state index contributed by atoms with van der Waals surface area (Å²) >= 11 is 1.23. The molecular formula is C15H14N4O3S. The molecule has 7 nitrogen and oxygen atoms in total. The highest BCUT2D eigenvalue weighted by Gasteiger charge is 2.08. The monoisotopic (exact) mass is 330 g/mol. The van der Waals surface area contributed by atoms with E-state index in [-0.39, 0.29) is 17.2 Å². The van der Waals surface area contributed by atoms with Crippen molar-refractivity contribution in [2.75, 3.05) is 12.3 Å². The maximum absolute atomic E-state index is 11.8. The van der Waals surface area contributed by atoms with E-state index in [0.717, 1.165) is 5.52 Å². The van der Waals surface area contributed by atoms with Gasteiger partial charge in [0.2, 0.25) is 5.91 Å². The van der Waals surface area contributed by atoms with Gasteiger partial charge in [-0.3, -0.25) is 14.2 Å². The van der Waals surface area contributed by atoms with Crippen LogP contribution in [0, 0.1) is 0 Å². The predicted molar refractivity (Wildman–Crippen MR) is 86.2 cm³/mol. The van der Waals surface area contributed by atoms with Gasteiger partial charge in [0.25, 0.3) is 10.8 Å². The smallest absolute Gasteiger partial charge is 0.257 e. The summed E-state index contributed by atoms with van der Waals surface area (Å²) in [5, 5.41) is 3.21. The van der Waals surface area contributed by atoms with Crippen LogP contribution in [0.4, 0.5) is 0 Å².